The fraction of sp³-hybridized carbons (Fsp3) is 0.750. The molecule has 0 aliphatic carbocycles. The zero-order chi connectivity index (χ0) is 7.11. The van der Waals surface area contributed by atoms with Crippen molar-refractivity contribution in [2.24, 2.45) is 5.73 Å². The maximum absolute atomic E-state index is 5.38. The molecule has 0 saturated heterocycles. The monoisotopic (exact) mass is 127 g/mol. The summed E-state index contributed by atoms with van der Waals surface area (Å²) < 4.78 is 0. The first-order valence-corrected chi connectivity index (χ1v) is 3.74. The van der Waals surface area contributed by atoms with Crippen LogP contribution in [0.2, 0.25) is 0 Å². The van der Waals surface area contributed by atoms with Gasteiger partial charge in [-0.3, -0.25) is 0 Å². The summed E-state index contributed by atoms with van der Waals surface area (Å²) in [5, 5.41) is 0. The number of allylic oxidation sites excluding steroid dienone is 1. The van der Waals surface area contributed by atoms with Crippen molar-refractivity contribution in [3.63, 3.8) is 0 Å². The Bertz CT molecular complexity index is 76.6. The molecule has 1 heteroatoms. The predicted octanol–water partition coefficient (Wildman–Crippen LogP) is 2.43. The SMILES string of the molecule is CCCC(=CN)CCC. The van der Waals surface area contributed by atoms with Gasteiger partial charge in [0, 0.05) is 0 Å². The van der Waals surface area contributed by atoms with Gasteiger partial charge in [-0.25, -0.2) is 0 Å². The second-order valence-electron chi connectivity index (χ2n) is 2.32. The molecule has 0 aromatic carbocycles. The summed E-state index contributed by atoms with van der Waals surface area (Å²) in [4.78, 5) is 0. The maximum Gasteiger partial charge on any atom is -0.00705 e. The summed E-state index contributed by atoms with van der Waals surface area (Å²) in [5.41, 5.74) is 6.79. The van der Waals surface area contributed by atoms with E-state index in [4.69, 9.17) is 5.73 Å². The van der Waals surface area contributed by atoms with Crippen molar-refractivity contribution >= 4 is 0 Å². The van der Waals surface area contributed by atoms with Crippen LogP contribution in [0.25, 0.3) is 0 Å². The molecule has 0 aromatic heterocycles. The van der Waals surface area contributed by atoms with E-state index in [1.54, 1.807) is 6.20 Å². The zero-order valence-corrected chi connectivity index (χ0v) is 6.48. The molecule has 0 heterocycles. The fourth-order valence-corrected chi connectivity index (χ4v) is 0.934. The molecule has 0 aliphatic heterocycles. The Balaban J connectivity index is 3.43. The number of rotatable bonds is 4. The molecule has 1 nitrogen and oxygen atoms in total. The summed E-state index contributed by atoms with van der Waals surface area (Å²) in [6.07, 6.45) is 6.52. The van der Waals surface area contributed by atoms with Gasteiger partial charge < -0.3 is 5.73 Å². The molecule has 0 radical (unpaired) electrons. The van der Waals surface area contributed by atoms with E-state index in [1.165, 1.54) is 31.3 Å². The van der Waals surface area contributed by atoms with Gasteiger partial charge in [0.15, 0.2) is 0 Å². The van der Waals surface area contributed by atoms with E-state index in [-0.39, 0.29) is 0 Å². The topological polar surface area (TPSA) is 26.0 Å². The third-order valence-corrected chi connectivity index (χ3v) is 1.38. The standard InChI is InChI=1S/C8H17N/c1-3-5-8(7-9)6-4-2/h7H,3-6,9H2,1-2H3. The fourth-order valence-electron chi connectivity index (χ4n) is 0.934. The Morgan fingerprint density at radius 2 is 1.67 bits per heavy atom. The van der Waals surface area contributed by atoms with Crippen LogP contribution in [0.1, 0.15) is 39.5 Å². The molecule has 0 saturated carbocycles. The van der Waals surface area contributed by atoms with Gasteiger partial charge in [-0.05, 0) is 19.0 Å². The minimum atomic E-state index is 1.17. The average Bonchev–Trinajstić information content (AvgIpc) is 1.88. The van der Waals surface area contributed by atoms with Crippen LogP contribution in [0.15, 0.2) is 11.8 Å². The average molecular weight is 127 g/mol. The molecule has 0 atom stereocenters. The minimum Gasteiger partial charge on any atom is -0.405 e. The van der Waals surface area contributed by atoms with E-state index >= 15 is 0 Å². The lowest BCUT2D eigenvalue weighted by Gasteiger charge is -2.00. The Labute approximate surface area is 57.9 Å². The largest absolute Gasteiger partial charge is 0.405 e. The van der Waals surface area contributed by atoms with Crippen molar-refractivity contribution < 1.29 is 0 Å². The lowest BCUT2D eigenvalue weighted by molar-refractivity contribution is 0.799. The molecule has 0 bridgehead atoms. The van der Waals surface area contributed by atoms with E-state index in [0.717, 1.165) is 0 Å². The molecule has 0 aromatic rings. The van der Waals surface area contributed by atoms with E-state index in [2.05, 4.69) is 13.8 Å². The molecule has 0 amide bonds. The van der Waals surface area contributed by atoms with Crippen molar-refractivity contribution in [3.8, 4) is 0 Å². The van der Waals surface area contributed by atoms with Crippen LogP contribution in [-0.2, 0) is 0 Å². The molecule has 0 rings (SSSR count). The molecule has 0 aliphatic rings. The highest BCUT2D eigenvalue weighted by molar-refractivity contribution is 4.98. The van der Waals surface area contributed by atoms with Crippen molar-refractivity contribution in [2.45, 2.75) is 39.5 Å². The van der Waals surface area contributed by atoms with Crippen LogP contribution in [0, 0.1) is 0 Å². The van der Waals surface area contributed by atoms with Crippen LogP contribution >= 0.6 is 0 Å². The van der Waals surface area contributed by atoms with Crippen LogP contribution in [0.4, 0.5) is 0 Å². The molecule has 9 heavy (non-hydrogen) atoms. The van der Waals surface area contributed by atoms with Gasteiger partial charge in [0.05, 0.1) is 0 Å². The maximum atomic E-state index is 5.38. The molecule has 0 fully saturated rings. The highest BCUT2D eigenvalue weighted by atomic mass is 14.5. The summed E-state index contributed by atoms with van der Waals surface area (Å²) >= 11 is 0. The van der Waals surface area contributed by atoms with Crippen LogP contribution in [-0.4, -0.2) is 0 Å². The van der Waals surface area contributed by atoms with Gasteiger partial charge in [0.25, 0.3) is 0 Å². The molecule has 2 N–H and O–H groups in total. The smallest absolute Gasteiger partial charge is 0.00705 e. The van der Waals surface area contributed by atoms with Gasteiger partial charge in [0.2, 0.25) is 0 Å². The summed E-state index contributed by atoms with van der Waals surface area (Å²) in [5.74, 6) is 0. The predicted molar refractivity (Wildman–Crippen MR) is 42.1 cm³/mol. The Morgan fingerprint density at radius 3 is 1.89 bits per heavy atom. The van der Waals surface area contributed by atoms with Crippen molar-refractivity contribution in [1.82, 2.24) is 0 Å². The van der Waals surface area contributed by atoms with E-state index < -0.39 is 0 Å². The van der Waals surface area contributed by atoms with Crippen molar-refractivity contribution in [1.29, 1.82) is 0 Å². The molecule has 0 spiro atoms. The first-order chi connectivity index (χ1) is 4.35. The van der Waals surface area contributed by atoms with Gasteiger partial charge in [-0.15, -0.1) is 0 Å². The summed E-state index contributed by atoms with van der Waals surface area (Å²) in [6, 6.07) is 0. The van der Waals surface area contributed by atoms with E-state index in [9.17, 15) is 0 Å². The zero-order valence-electron chi connectivity index (χ0n) is 6.48. The highest BCUT2D eigenvalue weighted by Crippen LogP contribution is 2.09. The quantitative estimate of drug-likeness (QED) is 0.616. The normalized spacial score (nSPS) is 9.11. The van der Waals surface area contributed by atoms with Gasteiger partial charge in [0.1, 0.15) is 0 Å². The second-order valence-corrected chi connectivity index (χ2v) is 2.32. The highest BCUT2D eigenvalue weighted by Gasteiger charge is 1.90. The van der Waals surface area contributed by atoms with Crippen LogP contribution < -0.4 is 5.73 Å². The van der Waals surface area contributed by atoms with E-state index in [1.807, 2.05) is 0 Å². The second kappa shape index (κ2) is 5.67. The van der Waals surface area contributed by atoms with Crippen molar-refractivity contribution in [3.05, 3.63) is 11.8 Å². The van der Waals surface area contributed by atoms with Crippen LogP contribution in [0.5, 0.6) is 0 Å². The molecule has 0 unspecified atom stereocenters. The summed E-state index contributed by atoms with van der Waals surface area (Å²) in [6.45, 7) is 4.36. The minimum absolute atomic E-state index is 1.17. The number of hydrogen-bond donors (Lipinski definition) is 1. The Hall–Kier alpha value is -0.460. The molecular weight excluding hydrogens is 110 g/mol. The van der Waals surface area contributed by atoms with Gasteiger partial charge in [-0.1, -0.05) is 32.3 Å². The van der Waals surface area contributed by atoms with Gasteiger partial charge in [-0.2, -0.15) is 0 Å². The number of nitrogens with two attached hydrogens (primary N) is 1. The first-order valence-electron chi connectivity index (χ1n) is 3.74. The lowest BCUT2D eigenvalue weighted by Crippen LogP contribution is -1.88. The number of hydrogen-bond acceptors (Lipinski definition) is 1. The van der Waals surface area contributed by atoms with Crippen LogP contribution in [0.3, 0.4) is 0 Å². The third-order valence-electron chi connectivity index (χ3n) is 1.38. The van der Waals surface area contributed by atoms with E-state index in [0.29, 0.717) is 0 Å². The molecule has 54 valence electrons. The first kappa shape index (κ1) is 8.54. The summed E-state index contributed by atoms with van der Waals surface area (Å²) in [7, 11) is 0. The van der Waals surface area contributed by atoms with Crippen molar-refractivity contribution in [2.75, 3.05) is 0 Å². The third kappa shape index (κ3) is 4.07. The van der Waals surface area contributed by atoms with Gasteiger partial charge >= 0.3 is 0 Å². The Kier molecular flexibility index (Phi) is 5.38. The molecular formula is C8H17N. The lowest BCUT2D eigenvalue weighted by atomic mass is 10.1. The Morgan fingerprint density at radius 1 is 1.22 bits per heavy atom.